The molecule has 0 aliphatic carbocycles. The molecule has 0 saturated carbocycles. The fourth-order valence-electron chi connectivity index (χ4n) is 2.62. The first-order valence-corrected chi connectivity index (χ1v) is 7.78. The van der Waals surface area contributed by atoms with Crippen molar-refractivity contribution in [3.05, 3.63) is 23.8 Å². The maximum Gasteiger partial charge on any atom is 0.412 e. The molecule has 144 valence electrons. The second kappa shape index (κ2) is 12.2. The third-order valence-corrected chi connectivity index (χ3v) is 3.92. The lowest BCUT2D eigenvalue weighted by Crippen LogP contribution is -2.46. The van der Waals surface area contributed by atoms with E-state index >= 15 is 0 Å². The Balaban J connectivity index is 0.00000288. The minimum absolute atomic E-state index is 0. The highest BCUT2D eigenvalue weighted by atomic mass is 35.5. The average molecular weight is 396 g/mol. The van der Waals surface area contributed by atoms with Crippen molar-refractivity contribution in [2.45, 2.75) is 6.54 Å². The highest BCUT2D eigenvalue weighted by molar-refractivity contribution is 5.85. The zero-order valence-corrected chi connectivity index (χ0v) is 16.2. The molecule has 0 spiro atoms. The van der Waals surface area contributed by atoms with Crippen LogP contribution in [0.25, 0.3) is 0 Å². The zero-order valence-electron chi connectivity index (χ0n) is 14.6. The number of aliphatic hydroxyl groups excluding tert-OH is 1. The van der Waals surface area contributed by atoms with Crippen LogP contribution < -0.4 is 14.8 Å². The third kappa shape index (κ3) is 7.25. The summed E-state index contributed by atoms with van der Waals surface area (Å²) in [4.78, 5) is 15.9. The van der Waals surface area contributed by atoms with Crippen LogP contribution in [0.5, 0.6) is 11.5 Å². The maximum atomic E-state index is 11.3. The standard InChI is InChI=1S/C16H25N3O4.2ClH/c1-17-16(21)23-14-4-3-13(11-15(14)22-2)12-19-7-5-18(6-8-19)9-10-20;;/h3-4,11,20H,5-10,12H2,1-2H3,(H,17,21);2*1H. The van der Waals surface area contributed by atoms with Crippen molar-refractivity contribution in [2.75, 3.05) is 53.5 Å². The van der Waals surface area contributed by atoms with Gasteiger partial charge in [-0.05, 0) is 17.7 Å². The van der Waals surface area contributed by atoms with Crippen LogP contribution in [0.1, 0.15) is 5.56 Å². The number of aliphatic hydroxyl groups is 1. The summed E-state index contributed by atoms with van der Waals surface area (Å²) in [5.74, 6) is 0.952. The van der Waals surface area contributed by atoms with E-state index in [0.717, 1.165) is 44.8 Å². The number of rotatable bonds is 6. The minimum Gasteiger partial charge on any atom is -0.493 e. The molecule has 0 bridgehead atoms. The number of benzene rings is 1. The maximum absolute atomic E-state index is 11.3. The SMILES string of the molecule is CNC(=O)Oc1ccc(CN2CCN(CCO)CC2)cc1OC.Cl.Cl. The molecule has 2 N–H and O–H groups in total. The molecule has 9 heteroatoms. The molecule has 1 aromatic rings. The summed E-state index contributed by atoms with van der Waals surface area (Å²) in [5.41, 5.74) is 1.11. The average Bonchev–Trinajstić information content (AvgIpc) is 2.58. The Bertz CT molecular complexity index is 526. The topological polar surface area (TPSA) is 74.3 Å². The van der Waals surface area contributed by atoms with Crippen molar-refractivity contribution >= 4 is 30.9 Å². The van der Waals surface area contributed by atoms with E-state index in [1.54, 1.807) is 13.2 Å². The normalized spacial score (nSPS) is 14.8. The Morgan fingerprint density at radius 2 is 1.80 bits per heavy atom. The van der Waals surface area contributed by atoms with Gasteiger partial charge in [-0.15, -0.1) is 24.8 Å². The van der Waals surface area contributed by atoms with Gasteiger partial charge >= 0.3 is 6.09 Å². The zero-order chi connectivity index (χ0) is 16.7. The number of carbonyl (C=O) groups is 1. The molecule has 25 heavy (non-hydrogen) atoms. The van der Waals surface area contributed by atoms with E-state index < -0.39 is 6.09 Å². The Morgan fingerprint density at radius 1 is 1.16 bits per heavy atom. The summed E-state index contributed by atoms with van der Waals surface area (Å²) in [6.45, 7) is 5.66. The summed E-state index contributed by atoms with van der Waals surface area (Å²) < 4.78 is 10.5. The van der Waals surface area contributed by atoms with E-state index in [0.29, 0.717) is 11.5 Å². The lowest BCUT2D eigenvalue weighted by atomic mass is 10.1. The molecule has 1 saturated heterocycles. The number of carbonyl (C=O) groups excluding carboxylic acids is 1. The first-order valence-electron chi connectivity index (χ1n) is 7.78. The van der Waals surface area contributed by atoms with Gasteiger partial charge in [0.25, 0.3) is 0 Å². The highest BCUT2D eigenvalue weighted by Crippen LogP contribution is 2.28. The third-order valence-electron chi connectivity index (χ3n) is 3.92. The number of methoxy groups -OCH3 is 1. The second-order valence-corrected chi connectivity index (χ2v) is 5.47. The number of ether oxygens (including phenoxy) is 2. The van der Waals surface area contributed by atoms with Gasteiger partial charge in [0.15, 0.2) is 11.5 Å². The molecule has 0 unspecified atom stereocenters. The summed E-state index contributed by atoms with van der Waals surface area (Å²) >= 11 is 0. The fourth-order valence-corrected chi connectivity index (χ4v) is 2.62. The Kier molecular flexibility index (Phi) is 11.6. The predicted molar refractivity (Wildman–Crippen MR) is 101 cm³/mol. The van der Waals surface area contributed by atoms with Gasteiger partial charge in [0.1, 0.15) is 0 Å². The molecule has 1 aromatic carbocycles. The van der Waals surface area contributed by atoms with Gasteiger partial charge in [-0.2, -0.15) is 0 Å². The van der Waals surface area contributed by atoms with Crippen LogP contribution in [-0.2, 0) is 6.54 Å². The number of nitrogens with one attached hydrogen (secondary N) is 1. The summed E-state index contributed by atoms with van der Waals surface area (Å²) in [6.07, 6.45) is -0.518. The van der Waals surface area contributed by atoms with Crippen molar-refractivity contribution in [3.8, 4) is 11.5 Å². The second-order valence-electron chi connectivity index (χ2n) is 5.47. The number of piperazine rings is 1. The summed E-state index contributed by atoms with van der Waals surface area (Å²) in [6, 6.07) is 5.60. The van der Waals surface area contributed by atoms with Gasteiger partial charge in [-0.25, -0.2) is 4.79 Å². The van der Waals surface area contributed by atoms with Crippen LogP contribution in [0, 0.1) is 0 Å². The number of β-amino-alcohol motifs (C(OH)–C–C–N with tert-alkyl or cyclic N) is 1. The van der Waals surface area contributed by atoms with E-state index in [4.69, 9.17) is 14.6 Å². The molecule has 1 aliphatic rings. The number of nitrogens with zero attached hydrogens (tertiary/aromatic N) is 2. The van der Waals surface area contributed by atoms with Crippen LogP contribution in [0.15, 0.2) is 18.2 Å². The van der Waals surface area contributed by atoms with E-state index in [1.807, 2.05) is 12.1 Å². The van der Waals surface area contributed by atoms with Gasteiger partial charge in [-0.1, -0.05) is 6.07 Å². The quantitative estimate of drug-likeness (QED) is 0.757. The molecular weight excluding hydrogens is 369 g/mol. The minimum atomic E-state index is -0.518. The molecule has 0 atom stereocenters. The van der Waals surface area contributed by atoms with Gasteiger partial charge < -0.3 is 19.9 Å². The Labute approximate surface area is 161 Å². The van der Waals surface area contributed by atoms with Gasteiger partial charge in [0.05, 0.1) is 13.7 Å². The molecule has 7 nitrogen and oxygen atoms in total. The largest absolute Gasteiger partial charge is 0.493 e. The molecule has 0 aromatic heterocycles. The first-order chi connectivity index (χ1) is 11.2. The fraction of sp³-hybridized carbons (Fsp3) is 0.562. The van der Waals surface area contributed by atoms with Crippen LogP contribution in [0.3, 0.4) is 0 Å². The van der Waals surface area contributed by atoms with Crippen LogP contribution in [-0.4, -0.2) is 74.5 Å². The van der Waals surface area contributed by atoms with Crippen molar-refractivity contribution in [3.63, 3.8) is 0 Å². The molecular formula is C16H27Cl2N3O4. The molecule has 0 radical (unpaired) electrons. The van der Waals surface area contributed by atoms with E-state index in [9.17, 15) is 4.79 Å². The lowest BCUT2D eigenvalue weighted by molar-refractivity contribution is 0.108. The number of amides is 1. The molecule has 1 heterocycles. The van der Waals surface area contributed by atoms with Crippen LogP contribution >= 0.6 is 24.8 Å². The summed E-state index contributed by atoms with van der Waals surface area (Å²) in [5, 5.41) is 11.4. The van der Waals surface area contributed by atoms with Gasteiger partial charge in [0.2, 0.25) is 0 Å². The predicted octanol–water partition coefficient (Wildman–Crippen LogP) is 1.37. The monoisotopic (exact) mass is 395 g/mol. The highest BCUT2D eigenvalue weighted by Gasteiger charge is 2.17. The Morgan fingerprint density at radius 3 is 2.36 bits per heavy atom. The number of halogens is 2. The van der Waals surface area contributed by atoms with Crippen LogP contribution in [0.4, 0.5) is 4.79 Å². The van der Waals surface area contributed by atoms with Gasteiger partial charge in [-0.3, -0.25) is 9.80 Å². The van der Waals surface area contributed by atoms with E-state index in [1.165, 1.54) is 7.05 Å². The molecule has 2 rings (SSSR count). The number of hydrogen-bond acceptors (Lipinski definition) is 6. The molecule has 1 fully saturated rings. The van der Waals surface area contributed by atoms with Gasteiger partial charge in [0, 0.05) is 46.3 Å². The molecule has 1 amide bonds. The van der Waals surface area contributed by atoms with E-state index in [2.05, 4.69) is 15.1 Å². The lowest BCUT2D eigenvalue weighted by Gasteiger charge is -2.34. The van der Waals surface area contributed by atoms with Crippen molar-refractivity contribution in [1.29, 1.82) is 0 Å². The van der Waals surface area contributed by atoms with Crippen molar-refractivity contribution < 1.29 is 19.4 Å². The summed E-state index contributed by atoms with van der Waals surface area (Å²) in [7, 11) is 3.07. The molecule has 1 aliphatic heterocycles. The van der Waals surface area contributed by atoms with Crippen LogP contribution in [0.2, 0.25) is 0 Å². The Hall–Kier alpha value is -1.25. The van der Waals surface area contributed by atoms with Crippen molar-refractivity contribution in [1.82, 2.24) is 15.1 Å². The smallest absolute Gasteiger partial charge is 0.412 e. The van der Waals surface area contributed by atoms with Crippen molar-refractivity contribution in [2.24, 2.45) is 0 Å². The van der Waals surface area contributed by atoms with E-state index in [-0.39, 0.29) is 31.4 Å². The first kappa shape index (κ1) is 23.8. The number of hydrogen-bond donors (Lipinski definition) is 2.